The van der Waals surface area contributed by atoms with Crippen LogP contribution in [0.3, 0.4) is 0 Å². The van der Waals surface area contributed by atoms with Crippen LogP contribution in [0.2, 0.25) is 0 Å². The molecule has 0 amide bonds. The minimum atomic E-state index is 0.554. The highest BCUT2D eigenvalue weighted by Gasteiger charge is 2.02. The number of hydrogen-bond donors (Lipinski definition) is 1. The number of nitrogens with zero attached hydrogens (tertiary/aromatic N) is 4. The van der Waals surface area contributed by atoms with Crippen LogP contribution in [0, 0.1) is 0 Å². The average Bonchev–Trinajstić information content (AvgIpc) is 2.29. The maximum atomic E-state index is 5.02. The fourth-order valence-corrected chi connectivity index (χ4v) is 1.01. The summed E-state index contributed by atoms with van der Waals surface area (Å²) < 4.78 is 0. The Morgan fingerprint density at radius 2 is 2.27 bits per heavy atom. The number of hydrogen-bond acceptors (Lipinski definition) is 4. The first-order valence-corrected chi connectivity index (χ1v) is 4.83. The van der Waals surface area contributed by atoms with Gasteiger partial charge in [0.15, 0.2) is 5.11 Å². The summed E-state index contributed by atoms with van der Waals surface area (Å²) in [5.74, 6) is 0. The van der Waals surface area contributed by atoms with Crippen molar-refractivity contribution in [3.8, 4) is 0 Å². The Hall–Kier alpha value is -1.56. The lowest BCUT2D eigenvalue weighted by Crippen LogP contribution is -2.31. The van der Waals surface area contributed by atoms with Gasteiger partial charge < -0.3 is 5.32 Å². The number of nitrogens with one attached hydrogen (secondary N) is 1. The maximum Gasteiger partial charge on any atom is 0.189 e. The average molecular weight is 223 g/mol. The highest BCUT2D eigenvalue weighted by Crippen LogP contribution is 1.96. The first-order chi connectivity index (χ1) is 7.15. The molecule has 6 heteroatoms. The van der Waals surface area contributed by atoms with Gasteiger partial charge in [0.2, 0.25) is 0 Å². The van der Waals surface area contributed by atoms with E-state index < -0.39 is 0 Å². The summed E-state index contributed by atoms with van der Waals surface area (Å²) in [5.41, 5.74) is 1.51. The maximum absolute atomic E-state index is 5.02. The van der Waals surface area contributed by atoms with Gasteiger partial charge >= 0.3 is 0 Å². The molecule has 0 aliphatic rings. The number of rotatable bonds is 2. The molecule has 1 N–H and O–H groups in total. The standard InChI is InChI=1S/C9H13N5S/c1-7(8-6-11-4-5-12-8)13-14(3)9(15)10-2/h4-6H,1-3H3,(H,10,15). The first kappa shape index (κ1) is 11.5. The molecule has 80 valence electrons. The molecule has 0 spiro atoms. The van der Waals surface area contributed by atoms with Gasteiger partial charge in [0.25, 0.3) is 0 Å². The summed E-state index contributed by atoms with van der Waals surface area (Å²) in [4.78, 5) is 8.10. The Bertz CT molecular complexity index is 362. The number of thiocarbonyl (C=S) groups is 1. The molecule has 1 heterocycles. The van der Waals surface area contributed by atoms with Crippen molar-refractivity contribution < 1.29 is 0 Å². The molecule has 0 aliphatic carbocycles. The molecule has 0 radical (unpaired) electrons. The zero-order valence-corrected chi connectivity index (χ0v) is 9.75. The van der Waals surface area contributed by atoms with E-state index in [1.807, 2.05) is 6.92 Å². The van der Waals surface area contributed by atoms with Crippen molar-refractivity contribution in [2.45, 2.75) is 6.92 Å². The molecular weight excluding hydrogens is 210 g/mol. The third kappa shape index (κ3) is 3.25. The molecular formula is C9H13N5S. The van der Waals surface area contributed by atoms with Crippen LogP contribution in [0.25, 0.3) is 0 Å². The second-order valence-electron chi connectivity index (χ2n) is 2.85. The van der Waals surface area contributed by atoms with Crippen molar-refractivity contribution in [1.29, 1.82) is 0 Å². The zero-order valence-electron chi connectivity index (χ0n) is 8.93. The lowest BCUT2D eigenvalue weighted by Gasteiger charge is -2.14. The van der Waals surface area contributed by atoms with Crippen LogP contribution >= 0.6 is 12.2 Å². The van der Waals surface area contributed by atoms with Crippen molar-refractivity contribution in [2.24, 2.45) is 5.10 Å². The van der Waals surface area contributed by atoms with Gasteiger partial charge in [0.05, 0.1) is 11.9 Å². The summed E-state index contributed by atoms with van der Waals surface area (Å²) in [6.45, 7) is 1.86. The van der Waals surface area contributed by atoms with Gasteiger partial charge in [0, 0.05) is 26.5 Å². The zero-order chi connectivity index (χ0) is 11.3. The second kappa shape index (κ2) is 5.35. The minimum absolute atomic E-state index is 0.554. The summed E-state index contributed by atoms with van der Waals surface area (Å²) in [6.07, 6.45) is 4.92. The summed E-state index contributed by atoms with van der Waals surface area (Å²) in [5, 5.41) is 9.23. The normalized spacial score (nSPS) is 11.0. The summed E-state index contributed by atoms with van der Waals surface area (Å²) in [7, 11) is 3.53. The molecule has 0 atom stereocenters. The van der Waals surface area contributed by atoms with Crippen molar-refractivity contribution in [3.63, 3.8) is 0 Å². The number of hydrazone groups is 1. The summed E-state index contributed by atoms with van der Waals surface area (Å²) in [6, 6.07) is 0. The molecule has 0 unspecified atom stereocenters. The Morgan fingerprint density at radius 3 is 2.80 bits per heavy atom. The third-order valence-electron chi connectivity index (χ3n) is 1.74. The molecule has 0 aromatic carbocycles. The van der Waals surface area contributed by atoms with Gasteiger partial charge in [-0.25, -0.2) is 5.01 Å². The second-order valence-corrected chi connectivity index (χ2v) is 3.24. The Labute approximate surface area is 94.2 Å². The Balaban J connectivity index is 2.80. The van der Waals surface area contributed by atoms with Crippen LogP contribution in [0.4, 0.5) is 0 Å². The fraction of sp³-hybridized carbons (Fsp3) is 0.333. The van der Waals surface area contributed by atoms with Gasteiger partial charge in [-0.15, -0.1) is 0 Å². The van der Waals surface area contributed by atoms with Crippen molar-refractivity contribution in [2.75, 3.05) is 14.1 Å². The van der Waals surface area contributed by atoms with E-state index in [1.54, 1.807) is 37.7 Å². The lowest BCUT2D eigenvalue weighted by atomic mass is 10.3. The lowest BCUT2D eigenvalue weighted by molar-refractivity contribution is 0.536. The topological polar surface area (TPSA) is 53.4 Å². The molecule has 1 rings (SSSR count). The van der Waals surface area contributed by atoms with E-state index in [1.165, 1.54) is 0 Å². The van der Waals surface area contributed by atoms with E-state index in [0.717, 1.165) is 11.4 Å². The monoisotopic (exact) mass is 223 g/mol. The highest BCUT2D eigenvalue weighted by molar-refractivity contribution is 7.80. The molecule has 0 saturated carbocycles. The molecule has 0 aliphatic heterocycles. The molecule has 1 aromatic rings. The summed E-state index contributed by atoms with van der Waals surface area (Å²) >= 11 is 5.02. The van der Waals surface area contributed by atoms with E-state index in [9.17, 15) is 0 Å². The molecule has 5 nitrogen and oxygen atoms in total. The van der Waals surface area contributed by atoms with Crippen molar-refractivity contribution >= 4 is 23.0 Å². The highest BCUT2D eigenvalue weighted by atomic mass is 32.1. The van der Waals surface area contributed by atoms with Crippen LogP contribution in [-0.2, 0) is 0 Å². The SMILES string of the molecule is CNC(=S)N(C)N=C(C)c1cnccn1. The van der Waals surface area contributed by atoms with Crippen LogP contribution in [0.5, 0.6) is 0 Å². The van der Waals surface area contributed by atoms with Crippen molar-refractivity contribution in [3.05, 3.63) is 24.3 Å². The Kier molecular flexibility index (Phi) is 4.11. The molecule has 0 fully saturated rings. The molecule has 1 aromatic heterocycles. The number of aromatic nitrogens is 2. The van der Waals surface area contributed by atoms with Gasteiger partial charge in [0.1, 0.15) is 5.69 Å². The van der Waals surface area contributed by atoms with Crippen LogP contribution < -0.4 is 5.32 Å². The van der Waals surface area contributed by atoms with E-state index in [2.05, 4.69) is 20.4 Å². The van der Waals surface area contributed by atoms with E-state index in [0.29, 0.717) is 5.11 Å². The van der Waals surface area contributed by atoms with E-state index in [4.69, 9.17) is 12.2 Å². The van der Waals surface area contributed by atoms with E-state index >= 15 is 0 Å². The van der Waals surface area contributed by atoms with Crippen LogP contribution in [-0.4, -0.2) is 39.9 Å². The Morgan fingerprint density at radius 1 is 1.53 bits per heavy atom. The minimum Gasteiger partial charge on any atom is -0.364 e. The fourth-order valence-electron chi connectivity index (χ4n) is 0.969. The van der Waals surface area contributed by atoms with Gasteiger partial charge in [-0.2, -0.15) is 5.10 Å². The largest absolute Gasteiger partial charge is 0.364 e. The van der Waals surface area contributed by atoms with Gasteiger partial charge in [-0.1, -0.05) is 0 Å². The van der Waals surface area contributed by atoms with Crippen LogP contribution in [0.15, 0.2) is 23.7 Å². The van der Waals surface area contributed by atoms with E-state index in [-0.39, 0.29) is 0 Å². The van der Waals surface area contributed by atoms with Crippen LogP contribution in [0.1, 0.15) is 12.6 Å². The molecule has 15 heavy (non-hydrogen) atoms. The third-order valence-corrected chi connectivity index (χ3v) is 2.21. The van der Waals surface area contributed by atoms with Gasteiger partial charge in [-0.05, 0) is 19.1 Å². The predicted molar refractivity (Wildman–Crippen MR) is 63.7 cm³/mol. The molecule has 0 saturated heterocycles. The smallest absolute Gasteiger partial charge is 0.189 e. The quantitative estimate of drug-likeness (QED) is 0.453. The van der Waals surface area contributed by atoms with Crippen molar-refractivity contribution in [1.82, 2.24) is 20.3 Å². The molecule has 0 bridgehead atoms. The van der Waals surface area contributed by atoms with Gasteiger partial charge in [-0.3, -0.25) is 9.97 Å². The first-order valence-electron chi connectivity index (χ1n) is 4.42. The predicted octanol–water partition coefficient (Wildman–Crippen LogP) is 0.637.